The van der Waals surface area contributed by atoms with Crippen molar-refractivity contribution in [3.63, 3.8) is 0 Å². The summed E-state index contributed by atoms with van der Waals surface area (Å²) in [5.74, 6) is 0.142. The van der Waals surface area contributed by atoms with Crippen molar-refractivity contribution in [3.05, 3.63) is 17.7 Å². The van der Waals surface area contributed by atoms with Crippen molar-refractivity contribution in [1.82, 2.24) is 5.32 Å². The van der Waals surface area contributed by atoms with E-state index < -0.39 is 12.0 Å². The molecule has 0 aromatic heterocycles. The van der Waals surface area contributed by atoms with E-state index >= 15 is 0 Å². The van der Waals surface area contributed by atoms with Crippen molar-refractivity contribution in [3.8, 4) is 17.2 Å². The van der Waals surface area contributed by atoms with E-state index in [-0.39, 0.29) is 18.7 Å². The summed E-state index contributed by atoms with van der Waals surface area (Å²) in [6, 6.07) is 2.93. The molecule has 1 aromatic carbocycles. The second kappa shape index (κ2) is 8.11. The molecule has 0 spiro atoms. The lowest BCUT2D eigenvalue weighted by Crippen LogP contribution is -2.35. The number of carboxylic acids is 1. The Bertz CT molecular complexity index is 518. The molecule has 0 aliphatic rings. The lowest BCUT2D eigenvalue weighted by Gasteiger charge is -2.15. The number of hydrogen-bond donors (Lipinski definition) is 2. The van der Waals surface area contributed by atoms with Gasteiger partial charge in [0.15, 0.2) is 11.5 Å². The zero-order valence-corrected chi connectivity index (χ0v) is 13.1. The van der Waals surface area contributed by atoms with Crippen molar-refractivity contribution in [1.29, 1.82) is 0 Å². The Morgan fingerprint density at radius 3 is 2.09 bits per heavy atom. The third-order valence-corrected chi connectivity index (χ3v) is 2.98. The lowest BCUT2D eigenvalue weighted by atomic mass is 10.1. The molecular formula is C15H21NO6. The second-order valence-electron chi connectivity index (χ2n) is 4.78. The Balaban J connectivity index is 2.85. The van der Waals surface area contributed by atoms with Gasteiger partial charge in [-0.3, -0.25) is 9.59 Å². The zero-order valence-electron chi connectivity index (χ0n) is 13.1. The van der Waals surface area contributed by atoms with E-state index in [1.54, 1.807) is 19.1 Å². The monoisotopic (exact) mass is 311 g/mol. The van der Waals surface area contributed by atoms with Gasteiger partial charge in [0, 0.05) is 6.04 Å². The first-order valence-electron chi connectivity index (χ1n) is 6.71. The van der Waals surface area contributed by atoms with Crippen molar-refractivity contribution in [2.45, 2.75) is 25.8 Å². The molecule has 1 aromatic rings. The molecule has 0 heterocycles. The topological polar surface area (TPSA) is 94.1 Å². The quantitative estimate of drug-likeness (QED) is 0.750. The van der Waals surface area contributed by atoms with E-state index in [2.05, 4.69) is 5.32 Å². The number of carbonyl (C=O) groups is 2. The van der Waals surface area contributed by atoms with Gasteiger partial charge in [-0.2, -0.15) is 0 Å². The van der Waals surface area contributed by atoms with Gasteiger partial charge in [0.05, 0.1) is 34.2 Å². The maximum Gasteiger partial charge on any atom is 0.305 e. The molecule has 0 saturated carbocycles. The average Bonchev–Trinajstić information content (AvgIpc) is 2.44. The van der Waals surface area contributed by atoms with Gasteiger partial charge in [0.1, 0.15) is 0 Å². The van der Waals surface area contributed by atoms with Crippen LogP contribution >= 0.6 is 0 Å². The van der Waals surface area contributed by atoms with Gasteiger partial charge in [-0.15, -0.1) is 0 Å². The fourth-order valence-electron chi connectivity index (χ4n) is 2.06. The number of ether oxygens (including phenoxy) is 3. The Labute approximate surface area is 129 Å². The Kier molecular flexibility index (Phi) is 6.49. The Morgan fingerprint density at radius 1 is 1.14 bits per heavy atom. The molecule has 0 bridgehead atoms. The first kappa shape index (κ1) is 17.6. The largest absolute Gasteiger partial charge is 0.493 e. The summed E-state index contributed by atoms with van der Waals surface area (Å²) in [4.78, 5) is 22.5. The van der Waals surface area contributed by atoms with Crippen LogP contribution in [-0.4, -0.2) is 44.4 Å². The number of carboxylic acid groups (broad SMARTS) is 1. The van der Waals surface area contributed by atoms with E-state index in [0.717, 1.165) is 0 Å². The van der Waals surface area contributed by atoms with Crippen LogP contribution < -0.4 is 19.5 Å². The number of carbonyl (C=O) groups excluding carboxylic acids is 1. The van der Waals surface area contributed by atoms with E-state index in [9.17, 15) is 9.59 Å². The van der Waals surface area contributed by atoms with Crippen molar-refractivity contribution in [2.24, 2.45) is 0 Å². The first-order valence-corrected chi connectivity index (χ1v) is 6.71. The molecule has 7 nitrogen and oxygen atoms in total. The highest BCUT2D eigenvalue weighted by atomic mass is 16.5. The van der Waals surface area contributed by atoms with Gasteiger partial charge in [0.2, 0.25) is 11.7 Å². The minimum absolute atomic E-state index is 0.0840. The fourth-order valence-corrected chi connectivity index (χ4v) is 2.06. The number of rotatable bonds is 8. The summed E-state index contributed by atoms with van der Waals surface area (Å²) < 4.78 is 15.7. The molecule has 0 radical (unpaired) electrons. The maximum absolute atomic E-state index is 11.9. The van der Waals surface area contributed by atoms with Crippen LogP contribution in [0.5, 0.6) is 17.2 Å². The van der Waals surface area contributed by atoms with Gasteiger partial charge in [0.25, 0.3) is 0 Å². The smallest absolute Gasteiger partial charge is 0.305 e. The van der Waals surface area contributed by atoms with Crippen LogP contribution in [0.4, 0.5) is 0 Å². The van der Waals surface area contributed by atoms with Crippen LogP contribution in [0.3, 0.4) is 0 Å². The standard InChI is InChI=1S/C15H21NO6/c1-9(5-14(18)19)16-13(17)8-10-6-11(20-2)15(22-4)12(7-10)21-3/h6-7,9H,5,8H2,1-4H3,(H,16,17)(H,18,19). The Hall–Kier alpha value is -2.44. The third-order valence-electron chi connectivity index (χ3n) is 2.98. The molecule has 2 N–H and O–H groups in total. The number of amides is 1. The average molecular weight is 311 g/mol. The molecule has 1 unspecified atom stereocenters. The number of benzene rings is 1. The Morgan fingerprint density at radius 2 is 1.68 bits per heavy atom. The van der Waals surface area contributed by atoms with E-state index in [4.69, 9.17) is 19.3 Å². The third kappa shape index (κ3) is 4.83. The van der Waals surface area contributed by atoms with Crippen LogP contribution in [0.25, 0.3) is 0 Å². The van der Waals surface area contributed by atoms with E-state index in [1.807, 2.05) is 0 Å². The molecule has 0 fully saturated rings. The van der Waals surface area contributed by atoms with E-state index in [0.29, 0.717) is 22.8 Å². The summed E-state index contributed by atoms with van der Waals surface area (Å²) in [6.07, 6.45) is -0.0400. The number of methoxy groups -OCH3 is 3. The molecule has 1 amide bonds. The lowest BCUT2D eigenvalue weighted by molar-refractivity contribution is -0.137. The summed E-state index contributed by atoms with van der Waals surface area (Å²) in [5.41, 5.74) is 0.675. The molecule has 0 aliphatic heterocycles. The molecule has 0 aliphatic carbocycles. The molecule has 122 valence electrons. The summed E-state index contributed by atoms with van der Waals surface area (Å²) >= 11 is 0. The molecular weight excluding hydrogens is 290 g/mol. The van der Waals surface area contributed by atoms with Gasteiger partial charge >= 0.3 is 5.97 Å². The van der Waals surface area contributed by atoms with Gasteiger partial charge in [-0.05, 0) is 24.6 Å². The summed E-state index contributed by atoms with van der Waals surface area (Å²) in [5, 5.41) is 11.3. The predicted octanol–water partition coefficient (Wildman–Crippen LogP) is 1.23. The molecule has 1 rings (SSSR count). The highest BCUT2D eigenvalue weighted by Gasteiger charge is 2.16. The van der Waals surface area contributed by atoms with Crippen LogP contribution in [0.2, 0.25) is 0 Å². The van der Waals surface area contributed by atoms with Gasteiger partial charge in [-0.1, -0.05) is 0 Å². The first-order chi connectivity index (χ1) is 10.4. The summed E-state index contributed by atoms with van der Waals surface area (Å²) in [7, 11) is 4.49. The van der Waals surface area contributed by atoms with Crippen molar-refractivity contribution in [2.75, 3.05) is 21.3 Å². The second-order valence-corrected chi connectivity index (χ2v) is 4.78. The number of aliphatic carboxylic acids is 1. The minimum atomic E-state index is -0.958. The van der Waals surface area contributed by atoms with Gasteiger partial charge in [-0.25, -0.2) is 0 Å². The predicted molar refractivity (Wildman–Crippen MR) is 79.7 cm³/mol. The fraction of sp³-hybridized carbons (Fsp3) is 0.467. The van der Waals surface area contributed by atoms with Crippen molar-refractivity contribution >= 4 is 11.9 Å². The molecule has 1 atom stereocenters. The molecule has 0 saturated heterocycles. The highest BCUT2D eigenvalue weighted by molar-refractivity contribution is 5.80. The normalized spacial score (nSPS) is 11.5. The van der Waals surface area contributed by atoms with Crippen LogP contribution in [0.1, 0.15) is 18.9 Å². The van der Waals surface area contributed by atoms with E-state index in [1.165, 1.54) is 21.3 Å². The molecule has 7 heteroatoms. The molecule has 22 heavy (non-hydrogen) atoms. The zero-order chi connectivity index (χ0) is 16.7. The van der Waals surface area contributed by atoms with Crippen molar-refractivity contribution < 1.29 is 28.9 Å². The number of nitrogens with one attached hydrogen (secondary N) is 1. The highest BCUT2D eigenvalue weighted by Crippen LogP contribution is 2.38. The van der Waals surface area contributed by atoms with Crippen LogP contribution in [0.15, 0.2) is 12.1 Å². The SMILES string of the molecule is COc1cc(CC(=O)NC(C)CC(=O)O)cc(OC)c1OC. The summed E-state index contributed by atoms with van der Waals surface area (Å²) in [6.45, 7) is 1.64. The van der Waals surface area contributed by atoms with Gasteiger partial charge < -0.3 is 24.6 Å². The number of hydrogen-bond acceptors (Lipinski definition) is 5. The maximum atomic E-state index is 11.9. The van der Waals surface area contributed by atoms with Crippen LogP contribution in [-0.2, 0) is 16.0 Å². The minimum Gasteiger partial charge on any atom is -0.493 e. The van der Waals surface area contributed by atoms with Crippen LogP contribution in [0, 0.1) is 0 Å².